The van der Waals surface area contributed by atoms with Crippen LogP contribution in [-0.2, 0) is 7.05 Å². The molecular weight excluding hydrogens is 430 g/mol. The van der Waals surface area contributed by atoms with Crippen LogP contribution in [0.25, 0.3) is 0 Å². The van der Waals surface area contributed by atoms with Crippen molar-refractivity contribution in [3.63, 3.8) is 0 Å². The molecule has 0 unspecified atom stereocenters. The molecule has 0 aliphatic heterocycles. The van der Waals surface area contributed by atoms with Crippen LogP contribution in [0.4, 0.5) is 0 Å². The molecule has 0 atom stereocenters. The molecule has 6 heteroatoms. The minimum absolute atomic E-state index is 0.0235. The average molecular weight is 464 g/mol. The van der Waals surface area contributed by atoms with Gasteiger partial charge in [0.2, 0.25) is 0 Å². The van der Waals surface area contributed by atoms with Crippen molar-refractivity contribution in [2.45, 2.75) is 72.6 Å². The van der Waals surface area contributed by atoms with E-state index in [1.54, 1.807) is 14.2 Å². The molecule has 4 nitrogen and oxygen atoms in total. The van der Waals surface area contributed by atoms with E-state index in [1.807, 2.05) is 0 Å². The van der Waals surface area contributed by atoms with Crippen LogP contribution in [0.15, 0.2) is 4.79 Å². The number of unbranched alkanes of at least 4 members (excludes halogenated alkanes) is 3. The van der Waals surface area contributed by atoms with Crippen LogP contribution in [0.3, 0.4) is 0 Å². The Morgan fingerprint density at radius 2 is 1.50 bits per heavy atom. The van der Waals surface area contributed by atoms with Crippen molar-refractivity contribution in [3.05, 3.63) is 15.5 Å². The van der Waals surface area contributed by atoms with Gasteiger partial charge in [-0.2, -0.15) is 0 Å². The Kier molecular flexibility index (Phi) is 9.72. The van der Waals surface area contributed by atoms with Gasteiger partial charge >= 0.3 is 156 Å². The molecule has 138 valence electrons. The fourth-order valence-corrected chi connectivity index (χ4v) is 20.9. The summed E-state index contributed by atoms with van der Waals surface area (Å²) in [5.41, 5.74) is 0.0235. The first-order valence-corrected chi connectivity index (χ1v) is 17.1. The van der Waals surface area contributed by atoms with Crippen molar-refractivity contribution in [3.8, 4) is 5.75 Å². The normalized spacial score (nSPS) is 11.8. The Bertz CT molecular complexity index is 553. The van der Waals surface area contributed by atoms with E-state index < -0.39 is 18.4 Å². The van der Waals surface area contributed by atoms with Crippen LogP contribution in [0, 0.1) is 0 Å². The summed E-state index contributed by atoms with van der Waals surface area (Å²) in [5.74, 6) is 0.568. The third-order valence-electron chi connectivity index (χ3n) is 4.92. The standard InChI is InChI=1S/C6H6ClN2O2.3C4H9.Sn/c1-9-5(10)3-4(11-2)6(7)8-9;3*1-3-4-2;/h1-2H3;3*1,3-4H2,2H3;. The first kappa shape index (κ1) is 21.8. The summed E-state index contributed by atoms with van der Waals surface area (Å²) in [5, 5.41) is 4.47. The van der Waals surface area contributed by atoms with Crippen molar-refractivity contribution in [2.75, 3.05) is 7.11 Å². The third-order valence-corrected chi connectivity index (χ3v) is 20.7. The van der Waals surface area contributed by atoms with E-state index in [-0.39, 0.29) is 5.56 Å². The fraction of sp³-hybridized carbons (Fsp3) is 0.778. The van der Waals surface area contributed by atoms with Gasteiger partial charge < -0.3 is 0 Å². The zero-order chi connectivity index (χ0) is 18.2. The number of methoxy groups -OCH3 is 1. The summed E-state index contributed by atoms with van der Waals surface area (Å²) in [6.07, 6.45) is 7.07. The maximum atomic E-state index is 13.1. The SMILES string of the molecule is CCC[CH2][Sn]([CH2]CCC)([CH2]CCC)[c]1c(OC)c(Cl)nn(C)c1=O. The Hall–Kier alpha value is -0.231. The number of aryl methyl sites for hydroxylation is 1. The van der Waals surface area contributed by atoms with Crippen molar-refractivity contribution in [1.82, 2.24) is 9.78 Å². The van der Waals surface area contributed by atoms with Gasteiger partial charge in [0.1, 0.15) is 0 Å². The number of hydrogen-bond acceptors (Lipinski definition) is 3. The molecule has 1 aromatic heterocycles. The second kappa shape index (κ2) is 10.7. The predicted molar refractivity (Wildman–Crippen MR) is 106 cm³/mol. The molecule has 0 bridgehead atoms. The first-order chi connectivity index (χ1) is 11.5. The number of aromatic nitrogens is 2. The Morgan fingerprint density at radius 3 is 1.88 bits per heavy atom. The van der Waals surface area contributed by atoms with E-state index in [0.29, 0.717) is 10.9 Å². The quantitative estimate of drug-likeness (QED) is 0.454. The summed E-state index contributed by atoms with van der Waals surface area (Å²) in [6.45, 7) is 6.68. The van der Waals surface area contributed by atoms with Gasteiger partial charge in [-0.25, -0.2) is 0 Å². The molecule has 0 radical (unpaired) electrons. The first-order valence-electron chi connectivity index (χ1n) is 9.28. The molecule has 1 heterocycles. The molecule has 0 aliphatic rings. The van der Waals surface area contributed by atoms with Gasteiger partial charge in [-0.15, -0.1) is 0 Å². The zero-order valence-corrected chi connectivity index (χ0v) is 19.6. The van der Waals surface area contributed by atoms with Gasteiger partial charge in [-0.1, -0.05) is 0 Å². The average Bonchev–Trinajstić information content (AvgIpc) is 2.58. The molecule has 0 aromatic carbocycles. The van der Waals surface area contributed by atoms with Crippen LogP contribution >= 0.6 is 11.6 Å². The van der Waals surface area contributed by atoms with Gasteiger partial charge in [0.25, 0.3) is 0 Å². The van der Waals surface area contributed by atoms with Crippen LogP contribution in [0.5, 0.6) is 5.75 Å². The van der Waals surface area contributed by atoms with Crippen molar-refractivity contribution in [2.24, 2.45) is 7.05 Å². The summed E-state index contributed by atoms with van der Waals surface area (Å²) in [6, 6.07) is 0. The fourth-order valence-electron chi connectivity index (χ4n) is 3.53. The van der Waals surface area contributed by atoms with Crippen LogP contribution in [0.1, 0.15) is 59.3 Å². The minimum atomic E-state index is -2.92. The zero-order valence-electron chi connectivity index (χ0n) is 16.0. The number of rotatable bonds is 11. The van der Waals surface area contributed by atoms with Crippen LogP contribution < -0.4 is 13.9 Å². The molecule has 1 rings (SSSR count). The van der Waals surface area contributed by atoms with E-state index in [0.717, 1.165) is 3.58 Å². The van der Waals surface area contributed by atoms with Gasteiger partial charge in [-0.05, 0) is 0 Å². The molecule has 0 spiro atoms. The molecule has 0 fully saturated rings. The molecule has 0 N–H and O–H groups in total. The second-order valence-corrected chi connectivity index (χ2v) is 20.1. The van der Waals surface area contributed by atoms with E-state index in [9.17, 15) is 4.79 Å². The molecule has 0 saturated carbocycles. The van der Waals surface area contributed by atoms with Crippen molar-refractivity contribution < 1.29 is 4.74 Å². The number of halogens is 1. The molecule has 0 aliphatic carbocycles. The second-order valence-electron chi connectivity index (χ2n) is 6.72. The molecule has 24 heavy (non-hydrogen) atoms. The number of hydrogen-bond donors (Lipinski definition) is 0. The molecular formula is C18H33ClN2O2Sn. The van der Waals surface area contributed by atoms with Crippen LogP contribution in [-0.4, -0.2) is 35.3 Å². The third kappa shape index (κ3) is 5.13. The van der Waals surface area contributed by atoms with E-state index >= 15 is 0 Å². The summed E-state index contributed by atoms with van der Waals surface area (Å²) >= 11 is 3.43. The van der Waals surface area contributed by atoms with Crippen molar-refractivity contribution in [1.29, 1.82) is 0 Å². The van der Waals surface area contributed by atoms with E-state index in [4.69, 9.17) is 16.3 Å². The summed E-state index contributed by atoms with van der Waals surface area (Å²) < 4.78 is 11.6. The Labute approximate surface area is 155 Å². The van der Waals surface area contributed by atoms with Gasteiger partial charge in [0, 0.05) is 0 Å². The maximum absolute atomic E-state index is 13.1. The number of nitrogens with zero attached hydrogens (tertiary/aromatic N) is 2. The Balaban J connectivity index is 3.58. The van der Waals surface area contributed by atoms with Crippen molar-refractivity contribution >= 4 is 33.6 Å². The molecule has 0 saturated heterocycles. The Morgan fingerprint density at radius 1 is 1.04 bits per heavy atom. The predicted octanol–water partition coefficient (Wildman–Crippen LogP) is 4.50. The van der Waals surface area contributed by atoms with Gasteiger partial charge in [-0.3, -0.25) is 0 Å². The van der Waals surface area contributed by atoms with Crippen LogP contribution in [0.2, 0.25) is 18.5 Å². The van der Waals surface area contributed by atoms with Gasteiger partial charge in [0.05, 0.1) is 0 Å². The topological polar surface area (TPSA) is 44.1 Å². The summed E-state index contributed by atoms with van der Waals surface area (Å²) in [4.78, 5) is 13.1. The van der Waals surface area contributed by atoms with Gasteiger partial charge in [0.15, 0.2) is 0 Å². The van der Waals surface area contributed by atoms with E-state index in [1.165, 1.54) is 56.5 Å². The monoisotopic (exact) mass is 464 g/mol. The van der Waals surface area contributed by atoms with E-state index in [2.05, 4.69) is 25.9 Å². The number of ether oxygens (including phenoxy) is 1. The molecule has 0 amide bonds. The molecule has 1 aromatic rings. The summed E-state index contributed by atoms with van der Waals surface area (Å²) in [7, 11) is 3.31.